The zero-order chi connectivity index (χ0) is 15.2. The van der Waals surface area contributed by atoms with Gasteiger partial charge in [0.05, 0.1) is 0 Å². The number of rotatable bonds is 0. The smallest absolute Gasteiger partial charge is 0.165 e. The summed E-state index contributed by atoms with van der Waals surface area (Å²) in [5, 5.41) is 20.8. The van der Waals surface area contributed by atoms with Gasteiger partial charge in [0.25, 0.3) is 0 Å². The number of hydrogen-bond acceptors (Lipinski definition) is 5. The highest BCUT2D eigenvalue weighted by Gasteiger charge is 2.64. The average Bonchev–Trinajstić information content (AvgIpc) is 2.83. The highest BCUT2D eigenvalue weighted by atomic mass is 32.1. The van der Waals surface area contributed by atoms with Crippen LogP contribution in [0.2, 0.25) is 0 Å². The third-order valence-electron chi connectivity index (χ3n) is 6.25. The summed E-state index contributed by atoms with van der Waals surface area (Å²) >= 11 is 4.61. The van der Waals surface area contributed by atoms with Gasteiger partial charge in [-0.3, -0.25) is 0 Å². The Morgan fingerprint density at radius 1 is 1.41 bits per heavy atom. The number of likely N-dealkylation sites (tertiary alicyclic amines) is 1. The number of aromatic hydroxyl groups is 1. The number of aliphatic hydroxyl groups is 1. The Hall–Kier alpha value is -1.17. The minimum Gasteiger partial charge on any atom is -0.504 e. The summed E-state index contributed by atoms with van der Waals surface area (Å²) in [6.07, 6.45) is 4.98. The number of hydrogen-bond donors (Lipinski definition) is 3. The lowest BCUT2D eigenvalue weighted by Gasteiger charge is -2.56. The fraction of sp³-hybridized carbons (Fsp3) is 0.529. The molecular formula is C17H19NO3S. The standard InChI is InChI=1S/C17H19NO3S/c1-18-5-4-17-9-2-3-11(19)16(17)21-15-12(20)7-13(22)8(14(15)17)6-10(9)18/h2-3,7,9-11,16,19-20,22H,4-6H2,1H3/t9-,10+,11-,16-,17-/m0/s1. The van der Waals surface area contributed by atoms with E-state index < -0.39 is 6.10 Å². The number of likely N-dealkylation sites (N-methyl/N-ethyl adjacent to an activating group) is 1. The fourth-order valence-electron chi connectivity index (χ4n) is 5.30. The molecule has 1 aromatic rings. The second-order valence-corrected chi connectivity index (χ2v) is 7.56. The minimum atomic E-state index is -0.624. The van der Waals surface area contributed by atoms with E-state index >= 15 is 0 Å². The van der Waals surface area contributed by atoms with E-state index in [1.54, 1.807) is 6.07 Å². The maximum absolute atomic E-state index is 10.5. The van der Waals surface area contributed by atoms with Crippen LogP contribution in [0.1, 0.15) is 17.5 Å². The lowest BCUT2D eigenvalue weighted by Crippen LogP contribution is -2.64. The molecule has 4 aliphatic rings. The summed E-state index contributed by atoms with van der Waals surface area (Å²) in [7, 11) is 2.17. The van der Waals surface area contributed by atoms with Crippen molar-refractivity contribution < 1.29 is 14.9 Å². The van der Waals surface area contributed by atoms with Crippen LogP contribution in [0.4, 0.5) is 0 Å². The molecule has 4 nitrogen and oxygen atoms in total. The Labute approximate surface area is 134 Å². The highest BCUT2D eigenvalue weighted by molar-refractivity contribution is 7.80. The van der Waals surface area contributed by atoms with E-state index in [0.29, 0.717) is 17.7 Å². The van der Waals surface area contributed by atoms with Crippen molar-refractivity contribution in [1.82, 2.24) is 4.90 Å². The number of benzene rings is 1. The van der Waals surface area contributed by atoms with Crippen molar-refractivity contribution >= 4 is 12.6 Å². The maximum atomic E-state index is 10.5. The van der Waals surface area contributed by atoms with Crippen LogP contribution in [-0.4, -0.2) is 47.0 Å². The summed E-state index contributed by atoms with van der Waals surface area (Å²) in [5.74, 6) is 1.05. The van der Waals surface area contributed by atoms with Crippen LogP contribution in [0.25, 0.3) is 0 Å². The molecule has 0 amide bonds. The second kappa shape index (κ2) is 4.02. The Kier molecular flexibility index (Phi) is 2.43. The molecule has 1 spiro atoms. The van der Waals surface area contributed by atoms with Crippen LogP contribution in [-0.2, 0) is 11.8 Å². The molecule has 5 atom stereocenters. The Morgan fingerprint density at radius 2 is 2.23 bits per heavy atom. The normalized spacial score (nSPS) is 41.2. The number of piperidine rings is 1. The van der Waals surface area contributed by atoms with E-state index in [0.717, 1.165) is 29.8 Å². The lowest BCUT2D eigenvalue weighted by atomic mass is 9.53. The van der Waals surface area contributed by atoms with Crippen molar-refractivity contribution in [2.45, 2.75) is 41.4 Å². The van der Waals surface area contributed by atoms with Crippen molar-refractivity contribution in [1.29, 1.82) is 0 Å². The quantitative estimate of drug-likeness (QED) is 0.501. The molecule has 0 unspecified atom stereocenters. The molecule has 2 aliphatic carbocycles. The molecule has 5 rings (SSSR count). The monoisotopic (exact) mass is 317 g/mol. The van der Waals surface area contributed by atoms with Gasteiger partial charge >= 0.3 is 0 Å². The van der Waals surface area contributed by atoms with Crippen LogP contribution < -0.4 is 4.74 Å². The summed E-state index contributed by atoms with van der Waals surface area (Å²) in [6.45, 7) is 0.984. The molecule has 22 heavy (non-hydrogen) atoms. The molecule has 2 heterocycles. The van der Waals surface area contributed by atoms with Gasteiger partial charge in [0.2, 0.25) is 0 Å². The molecule has 0 saturated carbocycles. The molecule has 0 aromatic heterocycles. The number of thiol groups is 1. The number of aliphatic hydroxyl groups excluding tert-OH is 1. The van der Waals surface area contributed by atoms with Gasteiger partial charge in [-0.1, -0.05) is 12.2 Å². The van der Waals surface area contributed by atoms with Crippen LogP contribution in [0, 0.1) is 5.92 Å². The van der Waals surface area contributed by atoms with Crippen molar-refractivity contribution in [3.63, 3.8) is 0 Å². The third-order valence-corrected chi connectivity index (χ3v) is 6.65. The molecule has 0 radical (unpaired) electrons. The molecule has 1 aromatic carbocycles. The van der Waals surface area contributed by atoms with Gasteiger partial charge in [0.15, 0.2) is 11.5 Å². The number of ether oxygens (including phenoxy) is 1. The van der Waals surface area contributed by atoms with Crippen molar-refractivity contribution in [2.24, 2.45) is 5.92 Å². The summed E-state index contributed by atoms with van der Waals surface area (Å²) in [6, 6.07) is 2.08. The maximum Gasteiger partial charge on any atom is 0.165 e. The molecule has 1 saturated heterocycles. The van der Waals surface area contributed by atoms with E-state index in [2.05, 4.69) is 30.7 Å². The second-order valence-electron chi connectivity index (χ2n) is 7.08. The summed E-state index contributed by atoms with van der Waals surface area (Å²) < 4.78 is 6.11. The molecule has 2 bridgehead atoms. The summed E-state index contributed by atoms with van der Waals surface area (Å²) in [5.41, 5.74) is 2.08. The first-order valence-electron chi connectivity index (χ1n) is 7.85. The SMILES string of the molecule is CN1CC[C@]23c4c5c(S)cc(O)c4O[C@H]2[C@@H](O)C=C[C@H]3[C@H]1C5. The van der Waals surface area contributed by atoms with E-state index in [-0.39, 0.29) is 17.3 Å². The predicted octanol–water partition coefficient (Wildman–Crippen LogP) is 1.49. The number of phenols is 1. The first-order chi connectivity index (χ1) is 10.5. The number of phenolic OH excluding ortho intramolecular Hbond substituents is 1. The molecule has 5 heteroatoms. The van der Waals surface area contributed by atoms with E-state index in [1.165, 1.54) is 5.56 Å². The fourth-order valence-corrected chi connectivity index (χ4v) is 5.63. The van der Waals surface area contributed by atoms with Gasteiger partial charge in [0.1, 0.15) is 12.2 Å². The van der Waals surface area contributed by atoms with Crippen LogP contribution in [0.3, 0.4) is 0 Å². The summed E-state index contributed by atoms with van der Waals surface area (Å²) in [4.78, 5) is 3.25. The lowest BCUT2D eigenvalue weighted by molar-refractivity contribution is -0.0455. The van der Waals surface area contributed by atoms with Gasteiger partial charge < -0.3 is 19.8 Å². The van der Waals surface area contributed by atoms with Gasteiger partial charge in [-0.2, -0.15) is 0 Å². The van der Waals surface area contributed by atoms with Gasteiger partial charge in [-0.05, 0) is 38.1 Å². The first kappa shape index (κ1) is 13.3. The minimum absolute atomic E-state index is 0.149. The predicted molar refractivity (Wildman–Crippen MR) is 84.8 cm³/mol. The van der Waals surface area contributed by atoms with E-state index in [4.69, 9.17) is 4.74 Å². The Balaban J connectivity index is 1.87. The third kappa shape index (κ3) is 1.30. The van der Waals surface area contributed by atoms with Crippen LogP contribution in [0.15, 0.2) is 23.1 Å². The number of nitrogens with zero attached hydrogens (tertiary/aromatic N) is 1. The topological polar surface area (TPSA) is 52.9 Å². The van der Waals surface area contributed by atoms with E-state index in [9.17, 15) is 10.2 Å². The molecule has 116 valence electrons. The van der Waals surface area contributed by atoms with Gasteiger partial charge in [-0.15, -0.1) is 12.6 Å². The molecular weight excluding hydrogens is 298 g/mol. The van der Waals surface area contributed by atoms with Crippen molar-refractivity contribution in [3.8, 4) is 11.5 Å². The molecule has 2 N–H and O–H groups in total. The van der Waals surface area contributed by atoms with Gasteiger partial charge in [-0.25, -0.2) is 0 Å². The highest BCUT2D eigenvalue weighted by Crippen LogP contribution is 2.63. The Morgan fingerprint density at radius 3 is 3.05 bits per heavy atom. The van der Waals surface area contributed by atoms with Crippen LogP contribution in [0.5, 0.6) is 11.5 Å². The Bertz CT molecular complexity index is 718. The zero-order valence-electron chi connectivity index (χ0n) is 12.4. The molecule has 1 fully saturated rings. The zero-order valence-corrected chi connectivity index (χ0v) is 13.3. The van der Waals surface area contributed by atoms with Crippen LogP contribution >= 0.6 is 12.6 Å². The van der Waals surface area contributed by atoms with Crippen molar-refractivity contribution in [2.75, 3.05) is 13.6 Å². The first-order valence-corrected chi connectivity index (χ1v) is 8.30. The molecule has 2 aliphatic heterocycles. The average molecular weight is 317 g/mol. The van der Waals surface area contributed by atoms with E-state index in [1.807, 2.05) is 6.08 Å². The largest absolute Gasteiger partial charge is 0.504 e. The van der Waals surface area contributed by atoms with Gasteiger partial charge in [0, 0.05) is 27.8 Å². The van der Waals surface area contributed by atoms with Crippen molar-refractivity contribution in [3.05, 3.63) is 29.3 Å².